The molecule has 0 radical (unpaired) electrons. The molecule has 1 atom stereocenters. The predicted octanol–water partition coefficient (Wildman–Crippen LogP) is 3.83. The second-order valence-corrected chi connectivity index (χ2v) is 7.07. The van der Waals surface area contributed by atoms with Gasteiger partial charge in [0.25, 0.3) is 0 Å². The van der Waals surface area contributed by atoms with Gasteiger partial charge in [0.05, 0.1) is 19.3 Å². The molecule has 6 nitrogen and oxygen atoms in total. The summed E-state index contributed by atoms with van der Waals surface area (Å²) in [6.07, 6.45) is 0. The summed E-state index contributed by atoms with van der Waals surface area (Å²) in [4.78, 5) is 29.4. The van der Waals surface area contributed by atoms with Gasteiger partial charge in [0, 0.05) is 18.1 Å². The number of methoxy groups -OCH3 is 1. The van der Waals surface area contributed by atoms with Crippen LogP contribution in [0.2, 0.25) is 5.02 Å². The number of amides is 2. The summed E-state index contributed by atoms with van der Waals surface area (Å²) in [5, 5.41) is 3.31. The fourth-order valence-electron chi connectivity index (χ4n) is 3.21. The molecule has 0 saturated carbocycles. The molecule has 0 aliphatic carbocycles. The van der Waals surface area contributed by atoms with Crippen LogP contribution >= 0.6 is 11.6 Å². The first-order chi connectivity index (χ1) is 13.9. The van der Waals surface area contributed by atoms with Gasteiger partial charge in [0.2, 0.25) is 11.8 Å². The third kappa shape index (κ3) is 5.95. The third-order valence-corrected chi connectivity index (χ3v) is 4.93. The molecule has 0 unspecified atom stereocenters. The van der Waals surface area contributed by atoms with E-state index in [0.29, 0.717) is 29.5 Å². The Balaban J connectivity index is 2.21. The molecule has 0 bridgehead atoms. The summed E-state index contributed by atoms with van der Waals surface area (Å²) in [7, 11) is 3.30. The Hall–Kier alpha value is -2.57. The number of halogens is 1. The van der Waals surface area contributed by atoms with Crippen molar-refractivity contribution in [1.82, 2.24) is 9.80 Å². The standard InChI is InChI=1S/C22H28ClN3O3/c1-5-26(6-2)22(28)21(16-10-8-7-9-11-16)25(3)15-20(27)24-18-14-17(23)12-13-19(18)29-4/h7-14,21H,5-6,15H2,1-4H3,(H,24,27)/t21-/m0/s1. The average Bonchev–Trinajstić information content (AvgIpc) is 2.70. The number of carbonyl (C=O) groups is 2. The van der Waals surface area contributed by atoms with Gasteiger partial charge >= 0.3 is 0 Å². The summed E-state index contributed by atoms with van der Waals surface area (Å²) in [5.74, 6) is 0.224. The third-order valence-electron chi connectivity index (χ3n) is 4.69. The molecule has 2 aromatic rings. The number of ether oxygens (including phenoxy) is 1. The largest absolute Gasteiger partial charge is 0.495 e. The van der Waals surface area contributed by atoms with E-state index in [1.807, 2.05) is 44.2 Å². The number of anilines is 1. The van der Waals surface area contributed by atoms with Crippen LogP contribution in [0, 0.1) is 0 Å². The number of rotatable bonds is 9. The number of benzene rings is 2. The molecule has 2 rings (SSSR count). The molecule has 7 heteroatoms. The van der Waals surface area contributed by atoms with Crippen molar-refractivity contribution in [2.24, 2.45) is 0 Å². The van der Waals surface area contributed by atoms with E-state index in [1.165, 1.54) is 7.11 Å². The minimum atomic E-state index is -0.553. The first kappa shape index (κ1) is 22.7. The van der Waals surface area contributed by atoms with Crippen LogP contribution in [0.15, 0.2) is 48.5 Å². The predicted molar refractivity (Wildman–Crippen MR) is 116 cm³/mol. The van der Waals surface area contributed by atoms with Gasteiger partial charge in [-0.15, -0.1) is 0 Å². The smallest absolute Gasteiger partial charge is 0.244 e. The zero-order valence-corrected chi connectivity index (χ0v) is 18.1. The maximum absolute atomic E-state index is 13.1. The highest BCUT2D eigenvalue weighted by Gasteiger charge is 2.29. The number of nitrogens with zero attached hydrogens (tertiary/aromatic N) is 2. The topological polar surface area (TPSA) is 61.9 Å². The van der Waals surface area contributed by atoms with Crippen LogP contribution in [0.3, 0.4) is 0 Å². The number of carbonyl (C=O) groups excluding carboxylic acids is 2. The van der Waals surface area contributed by atoms with E-state index in [-0.39, 0.29) is 18.4 Å². The van der Waals surface area contributed by atoms with E-state index in [4.69, 9.17) is 16.3 Å². The van der Waals surface area contributed by atoms with Gasteiger partial charge < -0.3 is 15.0 Å². The van der Waals surface area contributed by atoms with Crippen LogP contribution in [-0.4, -0.2) is 55.4 Å². The highest BCUT2D eigenvalue weighted by atomic mass is 35.5. The summed E-state index contributed by atoms with van der Waals surface area (Å²) >= 11 is 6.03. The molecule has 0 aromatic heterocycles. The monoisotopic (exact) mass is 417 g/mol. The highest BCUT2D eigenvalue weighted by molar-refractivity contribution is 6.31. The molecule has 0 spiro atoms. The zero-order chi connectivity index (χ0) is 21.4. The Morgan fingerprint density at radius 2 is 1.76 bits per heavy atom. The SMILES string of the molecule is CCN(CC)C(=O)[C@H](c1ccccc1)N(C)CC(=O)Nc1cc(Cl)ccc1OC. The second kappa shape index (κ2) is 10.8. The van der Waals surface area contributed by atoms with Gasteiger partial charge in [-0.25, -0.2) is 0 Å². The maximum atomic E-state index is 13.1. The van der Waals surface area contributed by atoms with E-state index in [2.05, 4.69) is 5.32 Å². The van der Waals surface area contributed by atoms with Gasteiger partial charge in [-0.1, -0.05) is 41.9 Å². The Kier molecular flexibility index (Phi) is 8.49. The summed E-state index contributed by atoms with van der Waals surface area (Å²) in [6, 6.07) is 14.0. The van der Waals surface area contributed by atoms with Gasteiger partial charge in [-0.3, -0.25) is 14.5 Å². The Morgan fingerprint density at radius 3 is 2.34 bits per heavy atom. The van der Waals surface area contributed by atoms with Crippen molar-refractivity contribution in [1.29, 1.82) is 0 Å². The molecule has 2 aromatic carbocycles. The molecule has 0 aliphatic heterocycles. The summed E-state index contributed by atoms with van der Waals surface area (Å²) in [5.41, 5.74) is 1.34. The molecule has 0 aliphatic rings. The minimum Gasteiger partial charge on any atom is -0.495 e. The molecule has 0 fully saturated rings. The van der Waals surface area contributed by atoms with Crippen LogP contribution in [0.25, 0.3) is 0 Å². The van der Waals surface area contributed by atoms with Crippen molar-refractivity contribution in [3.05, 3.63) is 59.1 Å². The van der Waals surface area contributed by atoms with Crippen LogP contribution < -0.4 is 10.1 Å². The minimum absolute atomic E-state index is 0.0300. The summed E-state index contributed by atoms with van der Waals surface area (Å²) < 4.78 is 5.27. The van der Waals surface area contributed by atoms with Gasteiger partial charge in [-0.05, 0) is 44.7 Å². The average molecular weight is 418 g/mol. The number of hydrogen-bond acceptors (Lipinski definition) is 4. The lowest BCUT2D eigenvalue weighted by Crippen LogP contribution is -2.44. The Bertz CT molecular complexity index is 825. The van der Waals surface area contributed by atoms with Crippen molar-refractivity contribution in [3.8, 4) is 5.75 Å². The number of likely N-dealkylation sites (N-methyl/N-ethyl adjacent to an activating group) is 2. The molecule has 0 heterocycles. The lowest BCUT2D eigenvalue weighted by atomic mass is 10.0. The van der Waals surface area contributed by atoms with Crippen LogP contribution in [-0.2, 0) is 9.59 Å². The lowest BCUT2D eigenvalue weighted by molar-refractivity contribution is -0.137. The fourth-order valence-corrected chi connectivity index (χ4v) is 3.39. The molecular weight excluding hydrogens is 390 g/mol. The molecule has 2 amide bonds. The van der Waals surface area contributed by atoms with Crippen molar-refractivity contribution in [2.45, 2.75) is 19.9 Å². The highest BCUT2D eigenvalue weighted by Crippen LogP contribution is 2.28. The first-order valence-electron chi connectivity index (χ1n) is 9.58. The molecule has 0 saturated heterocycles. The van der Waals surface area contributed by atoms with Crippen LogP contribution in [0.5, 0.6) is 5.75 Å². The quantitative estimate of drug-likeness (QED) is 0.673. The molecule has 29 heavy (non-hydrogen) atoms. The van der Waals surface area contributed by atoms with E-state index in [9.17, 15) is 9.59 Å². The number of nitrogens with one attached hydrogen (secondary N) is 1. The van der Waals surface area contributed by atoms with E-state index in [1.54, 1.807) is 35.0 Å². The normalized spacial score (nSPS) is 11.8. The molecular formula is C22H28ClN3O3. The zero-order valence-electron chi connectivity index (χ0n) is 17.3. The maximum Gasteiger partial charge on any atom is 0.244 e. The van der Waals surface area contributed by atoms with Gasteiger partial charge in [0.15, 0.2) is 0 Å². The van der Waals surface area contributed by atoms with E-state index >= 15 is 0 Å². The van der Waals surface area contributed by atoms with Gasteiger partial charge in [0.1, 0.15) is 11.8 Å². The summed E-state index contributed by atoms with van der Waals surface area (Å²) in [6.45, 7) is 5.14. The van der Waals surface area contributed by atoms with Crippen molar-refractivity contribution >= 4 is 29.1 Å². The van der Waals surface area contributed by atoms with Crippen LogP contribution in [0.4, 0.5) is 5.69 Å². The molecule has 156 valence electrons. The second-order valence-electron chi connectivity index (χ2n) is 6.63. The Labute approximate surface area is 177 Å². The van der Waals surface area contributed by atoms with Crippen molar-refractivity contribution < 1.29 is 14.3 Å². The van der Waals surface area contributed by atoms with Crippen molar-refractivity contribution in [3.63, 3.8) is 0 Å². The van der Waals surface area contributed by atoms with Crippen molar-refractivity contribution in [2.75, 3.05) is 39.1 Å². The van der Waals surface area contributed by atoms with Gasteiger partial charge in [-0.2, -0.15) is 0 Å². The molecule has 1 N–H and O–H groups in total. The Morgan fingerprint density at radius 1 is 1.10 bits per heavy atom. The van der Waals surface area contributed by atoms with E-state index < -0.39 is 6.04 Å². The van der Waals surface area contributed by atoms with Crippen LogP contribution in [0.1, 0.15) is 25.5 Å². The lowest BCUT2D eigenvalue weighted by Gasteiger charge is -2.31. The van der Waals surface area contributed by atoms with E-state index in [0.717, 1.165) is 5.56 Å². The first-order valence-corrected chi connectivity index (χ1v) is 9.96. The number of hydrogen-bond donors (Lipinski definition) is 1. The fraction of sp³-hybridized carbons (Fsp3) is 0.364.